The zero-order chi connectivity index (χ0) is 18.7. The van der Waals surface area contributed by atoms with E-state index in [1.807, 2.05) is 13.0 Å². The van der Waals surface area contributed by atoms with E-state index in [2.05, 4.69) is 0 Å². The van der Waals surface area contributed by atoms with Gasteiger partial charge in [0.25, 0.3) is 5.56 Å². The summed E-state index contributed by atoms with van der Waals surface area (Å²) in [4.78, 5) is 25.3. The fourth-order valence-electron chi connectivity index (χ4n) is 2.71. The van der Waals surface area contributed by atoms with Crippen molar-refractivity contribution in [1.82, 2.24) is 4.57 Å². The predicted molar refractivity (Wildman–Crippen MR) is 93.2 cm³/mol. The first-order valence-corrected chi connectivity index (χ1v) is 7.99. The fourth-order valence-corrected chi connectivity index (χ4v) is 2.71. The third kappa shape index (κ3) is 3.26. The molecule has 2 aromatic rings. The number of ether oxygens (including phenoxy) is 1. The first kappa shape index (κ1) is 18.3. The molecule has 0 amide bonds. The number of hydrogen-bond acceptors (Lipinski definition) is 5. The Bertz CT molecular complexity index is 920. The standard InChI is InChI=1S/C19H20N2O4/c1-5-25-14-8-6-7-13(9-14)17(22)16-12(4)15(10-20)18(23)21(11(2)3)19(16)24/h6-9,11,24H,5H2,1-4H3. The topological polar surface area (TPSA) is 92.3 Å². The Morgan fingerprint density at radius 3 is 2.64 bits per heavy atom. The molecular formula is C19H20N2O4. The van der Waals surface area contributed by atoms with E-state index in [4.69, 9.17) is 4.74 Å². The summed E-state index contributed by atoms with van der Waals surface area (Å²) in [6.07, 6.45) is 0. The molecule has 130 valence electrons. The predicted octanol–water partition coefficient (Wildman–Crippen LogP) is 2.94. The largest absolute Gasteiger partial charge is 0.494 e. The van der Waals surface area contributed by atoms with E-state index in [0.29, 0.717) is 17.9 Å². The van der Waals surface area contributed by atoms with Crippen molar-refractivity contribution in [3.63, 3.8) is 0 Å². The molecule has 0 atom stereocenters. The van der Waals surface area contributed by atoms with Crippen molar-refractivity contribution in [1.29, 1.82) is 5.26 Å². The molecule has 2 rings (SSSR count). The lowest BCUT2D eigenvalue weighted by Crippen LogP contribution is -2.28. The van der Waals surface area contributed by atoms with Crippen LogP contribution < -0.4 is 10.3 Å². The molecule has 0 aliphatic heterocycles. The van der Waals surface area contributed by atoms with Crippen LogP contribution in [-0.4, -0.2) is 22.1 Å². The maximum Gasteiger partial charge on any atom is 0.271 e. The molecule has 25 heavy (non-hydrogen) atoms. The average molecular weight is 340 g/mol. The highest BCUT2D eigenvalue weighted by Crippen LogP contribution is 2.28. The lowest BCUT2D eigenvalue weighted by atomic mass is 9.97. The van der Waals surface area contributed by atoms with Crippen LogP contribution in [0.4, 0.5) is 0 Å². The molecule has 0 saturated heterocycles. The number of ketones is 1. The van der Waals surface area contributed by atoms with Gasteiger partial charge in [0.1, 0.15) is 17.4 Å². The second kappa shape index (κ2) is 7.22. The van der Waals surface area contributed by atoms with E-state index in [1.54, 1.807) is 38.1 Å². The molecule has 1 heterocycles. The number of rotatable bonds is 5. The number of carbonyl (C=O) groups excluding carboxylic acids is 1. The number of aromatic nitrogens is 1. The molecule has 0 unspecified atom stereocenters. The van der Waals surface area contributed by atoms with Gasteiger partial charge in [-0.2, -0.15) is 5.26 Å². The highest BCUT2D eigenvalue weighted by Gasteiger charge is 2.25. The number of nitriles is 1. The van der Waals surface area contributed by atoms with E-state index < -0.39 is 23.3 Å². The summed E-state index contributed by atoms with van der Waals surface area (Å²) < 4.78 is 6.46. The summed E-state index contributed by atoms with van der Waals surface area (Å²) in [6.45, 7) is 7.17. The number of carbonyl (C=O) groups is 1. The Hall–Kier alpha value is -3.07. The Labute approximate surface area is 145 Å². The summed E-state index contributed by atoms with van der Waals surface area (Å²) in [5, 5.41) is 19.9. The molecule has 0 aliphatic rings. The van der Waals surface area contributed by atoms with Gasteiger partial charge in [0.15, 0.2) is 5.78 Å². The van der Waals surface area contributed by atoms with Gasteiger partial charge in [-0.05, 0) is 45.4 Å². The van der Waals surface area contributed by atoms with Crippen molar-refractivity contribution < 1.29 is 14.6 Å². The Morgan fingerprint density at radius 1 is 1.40 bits per heavy atom. The summed E-state index contributed by atoms with van der Waals surface area (Å²) in [5.74, 6) is -0.367. The van der Waals surface area contributed by atoms with Crippen molar-refractivity contribution >= 4 is 5.78 Å². The van der Waals surface area contributed by atoms with Gasteiger partial charge in [0.2, 0.25) is 5.88 Å². The zero-order valence-corrected chi connectivity index (χ0v) is 14.7. The highest BCUT2D eigenvalue weighted by atomic mass is 16.5. The van der Waals surface area contributed by atoms with Crippen LogP contribution in [0, 0.1) is 18.3 Å². The van der Waals surface area contributed by atoms with Gasteiger partial charge in [-0.3, -0.25) is 14.2 Å². The fraction of sp³-hybridized carbons (Fsp3) is 0.316. The Morgan fingerprint density at radius 2 is 2.08 bits per heavy atom. The van der Waals surface area contributed by atoms with E-state index in [9.17, 15) is 20.0 Å². The molecule has 1 N–H and O–H groups in total. The van der Waals surface area contributed by atoms with E-state index in [1.165, 1.54) is 6.92 Å². The van der Waals surface area contributed by atoms with Crippen molar-refractivity contribution in [2.75, 3.05) is 6.61 Å². The molecule has 6 heteroatoms. The second-order valence-electron chi connectivity index (χ2n) is 5.87. The Balaban J connectivity index is 2.72. The molecule has 1 aromatic heterocycles. The van der Waals surface area contributed by atoms with Gasteiger partial charge in [0, 0.05) is 11.6 Å². The molecule has 6 nitrogen and oxygen atoms in total. The van der Waals surface area contributed by atoms with Crippen LogP contribution in [0.5, 0.6) is 11.6 Å². The SMILES string of the molecule is CCOc1cccc(C(=O)c2c(C)c(C#N)c(=O)n(C(C)C)c2O)c1. The van der Waals surface area contributed by atoms with Crippen LogP contribution >= 0.6 is 0 Å². The van der Waals surface area contributed by atoms with Crippen LogP contribution in [0.15, 0.2) is 29.1 Å². The van der Waals surface area contributed by atoms with Crippen molar-refractivity contribution in [2.24, 2.45) is 0 Å². The van der Waals surface area contributed by atoms with Gasteiger partial charge < -0.3 is 9.84 Å². The number of nitrogens with zero attached hydrogens (tertiary/aromatic N) is 2. The minimum atomic E-state index is -0.605. The van der Waals surface area contributed by atoms with Crippen LogP contribution in [0.3, 0.4) is 0 Å². The molecule has 0 saturated carbocycles. The zero-order valence-electron chi connectivity index (χ0n) is 14.7. The molecule has 0 spiro atoms. The highest BCUT2D eigenvalue weighted by molar-refractivity contribution is 6.11. The first-order valence-electron chi connectivity index (χ1n) is 7.99. The summed E-state index contributed by atoms with van der Waals surface area (Å²) in [5.41, 5.74) is -0.308. The van der Waals surface area contributed by atoms with Crippen LogP contribution in [0.25, 0.3) is 0 Å². The second-order valence-corrected chi connectivity index (χ2v) is 5.87. The third-order valence-corrected chi connectivity index (χ3v) is 3.90. The maximum absolute atomic E-state index is 13.0. The molecule has 0 fully saturated rings. The van der Waals surface area contributed by atoms with E-state index in [0.717, 1.165) is 4.57 Å². The van der Waals surface area contributed by atoms with Gasteiger partial charge in [-0.15, -0.1) is 0 Å². The van der Waals surface area contributed by atoms with Crippen LogP contribution in [-0.2, 0) is 0 Å². The molecule has 0 radical (unpaired) electrons. The molecule has 1 aromatic carbocycles. The average Bonchev–Trinajstić information content (AvgIpc) is 2.55. The number of aromatic hydroxyl groups is 1. The number of pyridine rings is 1. The van der Waals surface area contributed by atoms with Crippen LogP contribution in [0.1, 0.15) is 53.9 Å². The van der Waals surface area contributed by atoms with Gasteiger partial charge in [0.05, 0.1) is 12.2 Å². The number of benzene rings is 1. The molecule has 0 aliphatic carbocycles. The molecular weight excluding hydrogens is 320 g/mol. The Kier molecular flexibility index (Phi) is 5.28. The number of hydrogen-bond donors (Lipinski definition) is 1. The van der Waals surface area contributed by atoms with Gasteiger partial charge >= 0.3 is 0 Å². The van der Waals surface area contributed by atoms with Crippen molar-refractivity contribution in [2.45, 2.75) is 33.7 Å². The van der Waals surface area contributed by atoms with E-state index >= 15 is 0 Å². The lowest BCUT2D eigenvalue weighted by Gasteiger charge is -2.18. The monoisotopic (exact) mass is 340 g/mol. The summed E-state index contributed by atoms with van der Waals surface area (Å²) in [7, 11) is 0. The van der Waals surface area contributed by atoms with E-state index in [-0.39, 0.29) is 16.7 Å². The minimum Gasteiger partial charge on any atom is -0.494 e. The van der Waals surface area contributed by atoms with Gasteiger partial charge in [-0.1, -0.05) is 12.1 Å². The normalized spacial score (nSPS) is 10.6. The van der Waals surface area contributed by atoms with Crippen molar-refractivity contribution in [3.8, 4) is 17.7 Å². The third-order valence-electron chi connectivity index (χ3n) is 3.90. The molecule has 0 bridgehead atoms. The quantitative estimate of drug-likeness (QED) is 0.845. The lowest BCUT2D eigenvalue weighted by molar-refractivity contribution is 0.103. The summed E-state index contributed by atoms with van der Waals surface area (Å²) >= 11 is 0. The minimum absolute atomic E-state index is 0.0431. The van der Waals surface area contributed by atoms with Crippen molar-refractivity contribution in [3.05, 3.63) is 56.9 Å². The smallest absolute Gasteiger partial charge is 0.271 e. The first-order chi connectivity index (χ1) is 11.8. The van der Waals surface area contributed by atoms with Gasteiger partial charge in [-0.25, -0.2) is 0 Å². The summed E-state index contributed by atoms with van der Waals surface area (Å²) in [6, 6.07) is 8.01. The maximum atomic E-state index is 13.0. The van der Waals surface area contributed by atoms with Crippen LogP contribution in [0.2, 0.25) is 0 Å².